The minimum atomic E-state index is 0.120. The van der Waals surface area contributed by atoms with E-state index < -0.39 is 0 Å². The zero-order valence-electron chi connectivity index (χ0n) is 9.88. The van der Waals surface area contributed by atoms with Gasteiger partial charge in [-0.05, 0) is 25.3 Å². The van der Waals surface area contributed by atoms with Crippen LogP contribution < -0.4 is 10.1 Å². The maximum atomic E-state index is 5.50. The van der Waals surface area contributed by atoms with E-state index in [4.69, 9.17) is 4.74 Å². The van der Waals surface area contributed by atoms with Gasteiger partial charge in [0.15, 0.2) is 0 Å². The van der Waals surface area contributed by atoms with Crippen molar-refractivity contribution in [3.8, 4) is 5.88 Å². The third-order valence-corrected chi connectivity index (χ3v) is 2.90. The van der Waals surface area contributed by atoms with Crippen LogP contribution in [0.5, 0.6) is 5.88 Å². The summed E-state index contributed by atoms with van der Waals surface area (Å²) in [6.07, 6.45) is 1.63. The Kier molecular flexibility index (Phi) is 3.93. The lowest BCUT2D eigenvalue weighted by atomic mass is 10.4. The van der Waals surface area contributed by atoms with Crippen LogP contribution in [-0.4, -0.2) is 16.1 Å². The molecule has 90 valence electrons. The number of nitrogens with one attached hydrogen (secondary N) is 1. The van der Waals surface area contributed by atoms with Gasteiger partial charge in [-0.15, -0.1) is 11.3 Å². The largest absolute Gasteiger partial charge is 0.475 e. The molecule has 4 nitrogen and oxygen atoms in total. The smallest absolute Gasteiger partial charge is 0.218 e. The van der Waals surface area contributed by atoms with Crippen LogP contribution in [0.25, 0.3) is 0 Å². The topological polar surface area (TPSA) is 47.0 Å². The molecule has 0 spiro atoms. The molecule has 2 aromatic rings. The Morgan fingerprint density at radius 3 is 3.00 bits per heavy atom. The molecule has 1 N–H and O–H groups in total. The van der Waals surface area contributed by atoms with Gasteiger partial charge in [0.05, 0.1) is 12.6 Å². The predicted molar refractivity (Wildman–Crippen MR) is 69.4 cm³/mol. The standard InChI is InChI=1S/C12H15N3OS/c1-9(2)16-12-6-11(14-8-15-12)13-7-10-4-3-5-17-10/h3-6,8-9H,7H2,1-2H3,(H,13,14,15). The molecule has 2 aromatic heterocycles. The van der Waals surface area contributed by atoms with Crippen LogP contribution in [0.3, 0.4) is 0 Å². The summed E-state index contributed by atoms with van der Waals surface area (Å²) in [6, 6.07) is 5.94. The van der Waals surface area contributed by atoms with Crippen LogP contribution in [0.2, 0.25) is 0 Å². The lowest BCUT2D eigenvalue weighted by Gasteiger charge is -2.09. The van der Waals surface area contributed by atoms with E-state index in [1.54, 1.807) is 11.3 Å². The van der Waals surface area contributed by atoms with Gasteiger partial charge in [-0.1, -0.05) is 6.07 Å². The maximum absolute atomic E-state index is 5.50. The van der Waals surface area contributed by atoms with Gasteiger partial charge in [0.2, 0.25) is 5.88 Å². The lowest BCUT2D eigenvalue weighted by molar-refractivity contribution is 0.232. The first-order valence-electron chi connectivity index (χ1n) is 5.49. The van der Waals surface area contributed by atoms with Crippen molar-refractivity contribution in [1.82, 2.24) is 9.97 Å². The van der Waals surface area contributed by atoms with Gasteiger partial charge in [0.1, 0.15) is 12.1 Å². The molecular weight excluding hydrogens is 234 g/mol. The highest BCUT2D eigenvalue weighted by Gasteiger charge is 2.02. The minimum absolute atomic E-state index is 0.120. The molecule has 0 unspecified atom stereocenters. The monoisotopic (exact) mass is 249 g/mol. The fourth-order valence-corrected chi connectivity index (χ4v) is 1.98. The van der Waals surface area contributed by atoms with Crippen molar-refractivity contribution in [1.29, 1.82) is 0 Å². The second-order valence-corrected chi connectivity index (χ2v) is 4.87. The van der Waals surface area contributed by atoms with Crippen LogP contribution >= 0.6 is 11.3 Å². The Labute approximate surface area is 105 Å². The zero-order valence-corrected chi connectivity index (χ0v) is 10.7. The third-order valence-electron chi connectivity index (χ3n) is 2.02. The van der Waals surface area contributed by atoms with E-state index >= 15 is 0 Å². The summed E-state index contributed by atoms with van der Waals surface area (Å²) in [4.78, 5) is 9.48. The summed E-state index contributed by atoms with van der Waals surface area (Å²) in [5.41, 5.74) is 0. The Balaban J connectivity index is 1.96. The summed E-state index contributed by atoms with van der Waals surface area (Å²) in [5, 5.41) is 5.30. The van der Waals surface area contributed by atoms with Crippen molar-refractivity contribution < 1.29 is 4.74 Å². The number of anilines is 1. The molecule has 0 fully saturated rings. The molecule has 17 heavy (non-hydrogen) atoms. The molecule has 0 bridgehead atoms. The Bertz CT molecular complexity index is 457. The summed E-state index contributed by atoms with van der Waals surface area (Å²) < 4.78 is 5.50. The molecule has 0 saturated carbocycles. The second kappa shape index (κ2) is 5.63. The van der Waals surface area contributed by atoms with E-state index in [-0.39, 0.29) is 6.10 Å². The highest BCUT2D eigenvalue weighted by Crippen LogP contribution is 2.15. The van der Waals surface area contributed by atoms with Crippen LogP contribution in [0.15, 0.2) is 29.9 Å². The van der Waals surface area contributed by atoms with Crippen LogP contribution in [0.1, 0.15) is 18.7 Å². The number of hydrogen-bond acceptors (Lipinski definition) is 5. The molecule has 0 aliphatic rings. The minimum Gasteiger partial charge on any atom is -0.475 e. The second-order valence-electron chi connectivity index (χ2n) is 3.84. The van der Waals surface area contributed by atoms with Gasteiger partial charge >= 0.3 is 0 Å². The van der Waals surface area contributed by atoms with Crippen molar-refractivity contribution in [2.45, 2.75) is 26.5 Å². The van der Waals surface area contributed by atoms with Crippen molar-refractivity contribution in [3.05, 3.63) is 34.8 Å². The van der Waals surface area contributed by atoms with Gasteiger partial charge in [0, 0.05) is 10.9 Å². The molecule has 0 amide bonds. The highest BCUT2D eigenvalue weighted by molar-refractivity contribution is 7.09. The average Bonchev–Trinajstić information content (AvgIpc) is 2.79. The summed E-state index contributed by atoms with van der Waals surface area (Å²) in [7, 11) is 0. The predicted octanol–water partition coefficient (Wildman–Crippen LogP) is 2.94. The van der Waals surface area contributed by atoms with E-state index in [0.29, 0.717) is 5.88 Å². The van der Waals surface area contributed by atoms with Crippen LogP contribution in [-0.2, 0) is 6.54 Å². The number of thiophene rings is 1. The summed E-state index contributed by atoms with van der Waals surface area (Å²) in [5.74, 6) is 1.38. The molecule has 2 rings (SSSR count). The highest BCUT2D eigenvalue weighted by atomic mass is 32.1. The molecule has 0 aliphatic heterocycles. The third kappa shape index (κ3) is 3.71. The van der Waals surface area contributed by atoms with Crippen molar-refractivity contribution in [2.75, 3.05) is 5.32 Å². The molecular formula is C12H15N3OS. The van der Waals surface area contributed by atoms with Crippen molar-refractivity contribution in [2.24, 2.45) is 0 Å². The zero-order chi connectivity index (χ0) is 12.1. The van der Waals surface area contributed by atoms with Crippen molar-refractivity contribution >= 4 is 17.2 Å². The molecule has 5 heteroatoms. The Morgan fingerprint density at radius 1 is 1.41 bits per heavy atom. The van der Waals surface area contributed by atoms with Gasteiger partial charge in [0.25, 0.3) is 0 Å². The summed E-state index contributed by atoms with van der Waals surface area (Å²) >= 11 is 1.72. The first kappa shape index (κ1) is 11.9. The van der Waals surface area contributed by atoms with E-state index in [2.05, 4.69) is 26.7 Å². The number of ether oxygens (including phenoxy) is 1. The fourth-order valence-electron chi connectivity index (χ4n) is 1.33. The lowest BCUT2D eigenvalue weighted by Crippen LogP contribution is -2.08. The van der Waals surface area contributed by atoms with Gasteiger partial charge in [-0.2, -0.15) is 0 Å². The Hall–Kier alpha value is -1.62. The average molecular weight is 249 g/mol. The number of nitrogens with zero attached hydrogens (tertiary/aromatic N) is 2. The van der Waals surface area contributed by atoms with Crippen LogP contribution in [0.4, 0.5) is 5.82 Å². The molecule has 0 saturated heterocycles. The number of rotatable bonds is 5. The van der Waals surface area contributed by atoms with Gasteiger partial charge in [-0.25, -0.2) is 9.97 Å². The molecule has 0 aromatic carbocycles. The van der Waals surface area contributed by atoms with Gasteiger partial charge < -0.3 is 10.1 Å². The van der Waals surface area contributed by atoms with E-state index in [0.717, 1.165) is 12.4 Å². The molecule has 2 heterocycles. The van der Waals surface area contributed by atoms with Gasteiger partial charge in [-0.3, -0.25) is 0 Å². The molecule has 0 atom stereocenters. The fraction of sp³-hybridized carbons (Fsp3) is 0.333. The van der Waals surface area contributed by atoms with E-state index in [1.165, 1.54) is 11.2 Å². The first-order chi connectivity index (χ1) is 8.24. The molecule has 0 radical (unpaired) electrons. The van der Waals surface area contributed by atoms with E-state index in [1.807, 2.05) is 26.0 Å². The maximum Gasteiger partial charge on any atom is 0.218 e. The van der Waals surface area contributed by atoms with Crippen LogP contribution in [0, 0.1) is 0 Å². The summed E-state index contributed by atoms with van der Waals surface area (Å²) in [6.45, 7) is 4.72. The first-order valence-corrected chi connectivity index (χ1v) is 6.37. The quantitative estimate of drug-likeness (QED) is 0.885. The molecule has 0 aliphatic carbocycles. The number of aromatic nitrogens is 2. The van der Waals surface area contributed by atoms with E-state index in [9.17, 15) is 0 Å². The SMILES string of the molecule is CC(C)Oc1cc(NCc2cccs2)ncn1. The van der Waals surface area contributed by atoms with Crippen molar-refractivity contribution in [3.63, 3.8) is 0 Å². The Morgan fingerprint density at radius 2 is 2.29 bits per heavy atom. The number of hydrogen-bond donors (Lipinski definition) is 1. The normalized spacial score (nSPS) is 10.5.